The van der Waals surface area contributed by atoms with Crippen LogP contribution in [0.1, 0.15) is 17.7 Å². The number of aromatic nitrogens is 1. The smallest absolute Gasteiger partial charge is 0.311 e. The van der Waals surface area contributed by atoms with Gasteiger partial charge < -0.3 is 10.5 Å². The molecule has 0 saturated heterocycles. The van der Waals surface area contributed by atoms with Crippen LogP contribution in [0.5, 0.6) is 0 Å². The minimum Gasteiger partial charge on any atom is -0.469 e. The highest BCUT2D eigenvalue weighted by atomic mass is 19.3. The Balaban J connectivity index is 2.87. The molecule has 1 rings (SSSR count). The quantitative estimate of drug-likeness (QED) is 0.774. The Morgan fingerprint density at radius 2 is 2.27 bits per heavy atom. The Hall–Kier alpha value is -1.72. The minimum atomic E-state index is -2.66. The lowest BCUT2D eigenvalue weighted by Gasteiger charge is -2.05. The van der Waals surface area contributed by atoms with Crippen molar-refractivity contribution in [2.45, 2.75) is 12.8 Å². The molecule has 1 aromatic rings. The number of alkyl halides is 2. The summed E-state index contributed by atoms with van der Waals surface area (Å²) in [5.74, 6) is -0.752. The number of hydrogen-bond donors (Lipinski definition) is 1. The molecule has 0 spiro atoms. The predicted octanol–water partition coefficient (Wildman–Crippen LogP) is 1.32. The first-order chi connectivity index (χ1) is 7.04. The zero-order chi connectivity index (χ0) is 11.4. The Kier molecular flexibility index (Phi) is 3.54. The van der Waals surface area contributed by atoms with Crippen LogP contribution < -0.4 is 5.73 Å². The summed E-state index contributed by atoms with van der Waals surface area (Å²) in [6, 6.07) is 2.49. The fraction of sp³-hybridized carbons (Fsp3) is 0.333. The van der Waals surface area contributed by atoms with Crippen LogP contribution in [-0.4, -0.2) is 18.1 Å². The summed E-state index contributed by atoms with van der Waals surface area (Å²) in [7, 11) is 1.24. The molecular weight excluding hydrogens is 206 g/mol. The van der Waals surface area contributed by atoms with Crippen molar-refractivity contribution in [3.8, 4) is 0 Å². The lowest BCUT2D eigenvalue weighted by molar-refractivity contribution is -0.139. The van der Waals surface area contributed by atoms with E-state index in [1.165, 1.54) is 13.2 Å². The lowest BCUT2D eigenvalue weighted by Crippen LogP contribution is -2.08. The van der Waals surface area contributed by atoms with Gasteiger partial charge in [0.2, 0.25) is 0 Å². The molecule has 0 atom stereocenters. The van der Waals surface area contributed by atoms with E-state index in [4.69, 9.17) is 5.73 Å². The fourth-order valence-electron chi connectivity index (χ4n) is 1.03. The number of nitrogens with zero attached hydrogens (tertiary/aromatic N) is 1. The van der Waals surface area contributed by atoms with E-state index < -0.39 is 12.4 Å². The molecule has 6 heteroatoms. The molecule has 1 aromatic heterocycles. The van der Waals surface area contributed by atoms with Crippen LogP contribution in [0.25, 0.3) is 0 Å². The van der Waals surface area contributed by atoms with Crippen molar-refractivity contribution in [1.29, 1.82) is 0 Å². The number of carbonyl (C=O) groups excluding carboxylic acids is 1. The topological polar surface area (TPSA) is 65.2 Å². The normalized spacial score (nSPS) is 10.4. The van der Waals surface area contributed by atoms with Gasteiger partial charge in [-0.25, -0.2) is 13.8 Å². The number of hydrogen-bond acceptors (Lipinski definition) is 4. The minimum absolute atomic E-state index is 0.0791. The molecule has 1 heterocycles. The van der Waals surface area contributed by atoms with Gasteiger partial charge >= 0.3 is 5.97 Å². The van der Waals surface area contributed by atoms with Crippen LogP contribution in [-0.2, 0) is 16.0 Å². The van der Waals surface area contributed by atoms with Gasteiger partial charge in [0.05, 0.1) is 24.8 Å². The van der Waals surface area contributed by atoms with Gasteiger partial charge in [0.1, 0.15) is 5.82 Å². The summed E-state index contributed by atoms with van der Waals surface area (Å²) in [5.41, 5.74) is 5.28. The third-order valence-corrected chi connectivity index (χ3v) is 1.80. The highest BCUT2D eigenvalue weighted by Gasteiger charge is 2.13. The molecule has 0 aromatic carbocycles. The monoisotopic (exact) mass is 216 g/mol. The molecular formula is C9H10F2N2O2. The number of nitrogens with two attached hydrogens (primary N) is 1. The van der Waals surface area contributed by atoms with Gasteiger partial charge in [-0.3, -0.25) is 4.79 Å². The van der Waals surface area contributed by atoms with Gasteiger partial charge in [0.25, 0.3) is 6.43 Å². The molecule has 0 bridgehead atoms. The van der Waals surface area contributed by atoms with Crippen molar-refractivity contribution >= 4 is 11.8 Å². The van der Waals surface area contributed by atoms with Crippen LogP contribution >= 0.6 is 0 Å². The Morgan fingerprint density at radius 1 is 1.60 bits per heavy atom. The fourth-order valence-corrected chi connectivity index (χ4v) is 1.03. The lowest BCUT2D eigenvalue weighted by atomic mass is 10.2. The first-order valence-corrected chi connectivity index (χ1v) is 4.15. The number of pyridine rings is 1. The second-order valence-electron chi connectivity index (χ2n) is 2.83. The zero-order valence-electron chi connectivity index (χ0n) is 8.04. The van der Waals surface area contributed by atoms with Gasteiger partial charge in [0, 0.05) is 0 Å². The van der Waals surface area contributed by atoms with E-state index in [9.17, 15) is 13.6 Å². The van der Waals surface area contributed by atoms with Crippen LogP contribution in [0.2, 0.25) is 0 Å². The first kappa shape index (κ1) is 11.4. The number of esters is 1. The van der Waals surface area contributed by atoms with Crippen molar-refractivity contribution in [1.82, 2.24) is 4.98 Å². The second-order valence-corrected chi connectivity index (χ2v) is 2.83. The van der Waals surface area contributed by atoms with Gasteiger partial charge in [-0.15, -0.1) is 0 Å². The highest BCUT2D eigenvalue weighted by Crippen LogP contribution is 2.23. The van der Waals surface area contributed by atoms with Crippen molar-refractivity contribution in [3.05, 3.63) is 23.4 Å². The van der Waals surface area contributed by atoms with E-state index >= 15 is 0 Å². The van der Waals surface area contributed by atoms with Crippen LogP contribution in [0.4, 0.5) is 14.6 Å². The number of rotatable bonds is 3. The van der Waals surface area contributed by atoms with E-state index in [0.717, 1.165) is 6.07 Å². The maximum absolute atomic E-state index is 12.3. The maximum Gasteiger partial charge on any atom is 0.311 e. The third kappa shape index (κ3) is 2.87. The highest BCUT2D eigenvalue weighted by molar-refractivity contribution is 5.72. The molecule has 0 aliphatic rings. The Labute approximate surface area is 85.1 Å². The molecule has 15 heavy (non-hydrogen) atoms. The molecule has 0 fully saturated rings. The number of halogens is 2. The predicted molar refractivity (Wildman–Crippen MR) is 49.3 cm³/mol. The average molecular weight is 216 g/mol. The molecule has 82 valence electrons. The number of carbonyl (C=O) groups is 1. The number of anilines is 1. The molecule has 0 unspecified atom stereocenters. The van der Waals surface area contributed by atoms with Crippen molar-refractivity contribution in [2.75, 3.05) is 12.8 Å². The maximum atomic E-state index is 12.3. The second kappa shape index (κ2) is 4.68. The molecule has 0 aliphatic heterocycles. The Bertz CT molecular complexity index is 369. The largest absolute Gasteiger partial charge is 0.469 e. The van der Waals surface area contributed by atoms with Gasteiger partial charge in [-0.05, 0) is 12.1 Å². The Morgan fingerprint density at radius 3 is 2.73 bits per heavy atom. The summed E-state index contributed by atoms with van der Waals surface area (Å²) in [4.78, 5) is 14.5. The number of methoxy groups -OCH3 is 1. The average Bonchev–Trinajstić information content (AvgIpc) is 2.17. The SMILES string of the molecule is COC(=O)Cc1ccc(C(F)F)c(N)n1. The van der Waals surface area contributed by atoms with Gasteiger partial charge in [-0.2, -0.15) is 0 Å². The van der Waals surface area contributed by atoms with Gasteiger partial charge in [-0.1, -0.05) is 0 Å². The number of nitrogen functional groups attached to an aromatic ring is 1. The van der Waals surface area contributed by atoms with E-state index in [1.807, 2.05) is 0 Å². The van der Waals surface area contributed by atoms with Crippen molar-refractivity contribution < 1.29 is 18.3 Å². The van der Waals surface area contributed by atoms with E-state index in [2.05, 4.69) is 9.72 Å². The van der Waals surface area contributed by atoms with Crippen molar-refractivity contribution in [3.63, 3.8) is 0 Å². The van der Waals surface area contributed by atoms with Crippen molar-refractivity contribution in [2.24, 2.45) is 0 Å². The van der Waals surface area contributed by atoms with Crippen LogP contribution in [0, 0.1) is 0 Å². The van der Waals surface area contributed by atoms with Gasteiger partial charge in [0.15, 0.2) is 0 Å². The third-order valence-electron chi connectivity index (χ3n) is 1.80. The van der Waals surface area contributed by atoms with E-state index in [0.29, 0.717) is 5.69 Å². The zero-order valence-corrected chi connectivity index (χ0v) is 8.04. The van der Waals surface area contributed by atoms with E-state index in [-0.39, 0.29) is 17.8 Å². The molecule has 0 saturated carbocycles. The number of ether oxygens (including phenoxy) is 1. The standard InChI is InChI=1S/C9H10F2N2O2/c1-15-7(14)4-5-2-3-6(8(10)11)9(12)13-5/h2-3,8H,4H2,1H3,(H2,12,13). The summed E-state index contributed by atoms with van der Waals surface area (Å²) in [5, 5.41) is 0. The summed E-state index contributed by atoms with van der Waals surface area (Å²) >= 11 is 0. The molecule has 2 N–H and O–H groups in total. The van der Waals surface area contributed by atoms with Crippen LogP contribution in [0.3, 0.4) is 0 Å². The molecule has 0 aliphatic carbocycles. The summed E-state index contributed by atoms with van der Waals surface area (Å²) < 4.78 is 29.0. The molecule has 0 amide bonds. The molecule has 0 radical (unpaired) electrons. The molecule has 4 nitrogen and oxygen atoms in total. The summed E-state index contributed by atoms with van der Waals surface area (Å²) in [6.45, 7) is 0. The van der Waals surface area contributed by atoms with E-state index in [1.54, 1.807) is 0 Å². The summed E-state index contributed by atoms with van der Waals surface area (Å²) in [6.07, 6.45) is -2.74. The van der Waals surface area contributed by atoms with Crippen LogP contribution in [0.15, 0.2) is 12.1 Å². The first-order valence-electron chi connectivity index (χ1n) is 4.15.